The number of carboxylic acids is 1. The molecular formula is C12H21NO3. The van der Waals surface area contributed by atoms with Crippen molar-refractivity contribution in [2.45, 2.75) is 34.1 Å². The van der Waals surface area contributed by atoms with E-state index in [4.69, 9.17) is 5.11 Å². The molecule has 1 amide bonds. The average molecular weight is 227 g/mol. The fraction of sp³-hybridized carbons (Fsp3) is 0.833. The minimum Gasteiger partial charge on any atom is -0.481 e. The minimum absolute atomic E-state index is 0.00162. The Balaban J connectivity index is 2.72. The van der Waals surface area contributed by atoms with Gasteiger partial charge >= 0.3 is 5.97 Å². The summed E-state index contributed by atoms with van der Waals surface area (Å²) in [4.78, 5) is 24.9. The summed E-state index contributed by atoms with van der Waals surface area (Å²) in [5.41, 5.74) is -0.385. The van der Waals surface area contributed by atoms with Gasteiger partial charge in [0.1, 0.15) is 0 Å². The van der Waals surface area contributed by atoms with E-state index in [0.29, 0.717) is 13.1 Å². The molecule has 1 fully saturated rings. The molecule has 92 valence electrons. The standard InChI is InChI=1S/C12H21NO3/c1-5-7-13(6-2)10(14)8-9(11(15)16)12(8,3)4/h8-9H,5-7H2,1-4H3,(H,15,16). The van der Waals surface area contributed by atoms with Crippen LogP contribution in [0.3, 0.4) is 0 Å². The molecule has 0 bridgehead atoms. The molecule has 2 atom stereocenters. The second-order valence-electron chi connectivity index (χ2n) is 5.03. The van der Waals surface area contributed by atoms with Crippen LogP contribution in [0.2, 0.25) is 0 Å². The molecule has 4 nitrogen and oxygen atoms in total. The number of rotatable bonds is 5. The van der Waals surface area contributed by atoms with Crippen LogP contribution in [0.25, 0.3) is 0 Å². The smallest absolute Gasteiger partial charge is 0.307 e. The Kier molecular flexibility index (Phi) is 3.61. The average Bonchev–Trinajstić information content (AvgIpc) is 2.77. The monoisotopic (exact) mass is 227 g/mol. The zero-order valence-electron chi connectivity index (χ0n) is 10.5. The third-order valence-corrected chi connectivity index (χ3v) is 3.55. The van der Waals surface area contributed by atoms with E-state index in [1.807, 2.05) is 27.7 Å². The predicted octanol–water partition coefficient (Wildman–Crippen LogP) is 1.60. The molecule has 0 radical (unpaired) electrons. The van der Waals surface area contributed by atoms with Gasteiger partial charge in [0, 0.05) is 13.1 Å². The minimum atomic E-state index is -0.851. The Hall–Kier alpha value is -1.06. The van der Waals surface area contributed by atoms with Crippen LogP contribution >= 0.6 is 0 Å². The second kappa shape index (κ2) is 4.44. The number of carboxylic acid groups (broad SMARTS) is 1. The maximum atomic E-state index is 12.1. The van der Waals surface area contributed by atoms with Crippen LogP contribution < -0.4 is 0 Å². The van der Waals surface area contributed by atoms with E-state index in [1.165, 1.54) is 0 Å². The summed E-state index contributed by atoms with van der Waals surface area (Å²) in [6.45, 7) is 9.03. The molecule has 1 saturated carbocycles. The number of aliphatic carboxylic acids is 1. The fourth-order valence-electron chi connectivity index (χ4n) is 2.45. The van der Waals surface area contributed by atoms with E-state index in [9.17, 15) is 9.59 Å². The van der Waals surface area contributed by atoms with Crippen molar-refractivity contribution in [1.29, 1.82) is 0 Å². The zero-order chi connectivity index (χ0) is 12.5. The predicted molar refractivity (Wildman–Crippen MR) is 60.9 cm³/mol. The number of carbonyl (C=O) groups is 2. The van der Waals surface area contributed by atoms with Gasteiger partial charge in [0.15, 0.2) is 0 Å². The molecule has 0 spiro atoms. The van der Waals surface area contributed by atoms with Crippen LogP contribution in [0.4, 0.5) is 0 Å². The zero-order valence-corrected chi connectivity index (χ0v) is 10.5. The van der Waals surface area contributed by atoms with E-state index >= 15 is 0 Å². The highest BCUT2D eigenvalue weighted by molar-refractivity contribution is 5.91. The van der Waals surface area contributed by atoms with Crippen molar-refractivity contribution >= 4 is 11.9 Å². The van der Waals surface area contributed by atoms with Crippen LogP contribution in [0.1, 0.15) is 34.1 Å². The van der Waals surface area contributed by atoms with Crippen molar-refractivity contribution < 1.29 is 14.7 Å². The quantitative estimate of drug-likeness (QED) is 0.776. The molecule has 0 heterocycles. The largest absolute Gasteiger partial charge is 0.481 e. The Bertz CT molecular complexity index is 299. The highest BCUT2D eigenvalue weighted by Gasteiger charge is 2.66. The van der Waals surface area contributed by atoms with Gasteiger partial charge in [0.2, 0.25) is 5.91 Å². The van der Waals surface area contributed by atoms with E-state index < -0.39 is 11.9 Å². The molecule has 0 saturated heterocycles. The number of hydrogen-bond donors (Lipinski definition) is 1. The van der Waals surface area contributed by atoms with E-state index in [1.54, 1.807) is 4.90 Å². The molecule has 0 aromatic heterocycles. The van der Waals surface area contributed by atoms with Crippen molar-refractivity contribution in [1.82, 2.24) is 4.90 Å². The summed E-state index contributed by atoms with van der Waals surface area (Å²) >= 11 is 0. The molecule has 1 N–H and O–H groups in total. The first-order valence-electron chi connectivity index (χ1n) is 5.89. The SMILES string of the molecule is CCCN(CC)C(=O)C1C(C(=O)O)C1(C)C. The summed E-state index contributed by atoms with van der Waals surface area (Å²) in [7, 11) is 0. The Labute approximate surface area is 96.6 Å². The Morgan fingerprint density at radius 2 is 1.81 bits per heavy atom. The molecule has 4 heteroatoms. The molecule has 0 aromatic rings. The summed E-state index contributed by atoms with van der Waals surface area (Å²) in [6, 6.07) is 0. The molecule has 16 heavy (non-hydrogen) atoms. The summed E-state index contributed by atoms with van der Waals surface area (Å²) in [5.74, 6) is -1.69. The Morgan fingerprint density at radius 1 is 1.25 bits per heavy atom. The van der Waals surface area contributed by atoms with Crippen molar-refractivity contribution in [3.63, 3.8) is 0 Å². The molecular weight excluding hydrogens is 206 g/mol. The first kappa shape index (κ1) is 13.0. The van der Waals surface area contributed by atoms with Crippen molar-refractivity contribution in [3.8, 4) is 0 Å². The molecule has 1 aliphatic carbocycles. The van der Waals surface area contributed by atoms with Gasteiger partial charge in [-0.1, -0.05) is 20.8 Å². The third-order valence-electron chi connectivity index (χ3n) is 3.55. The lowest BCUT2D eigenvalue weighted by molar-refractivity contribution is -0.142. The lowest BCUT2D eigenvalue weighted by atomic mass is 10.1. The van der Waals surface area contributed by atoms with Crippen LogP contribution in [-0.4, -0.2) is 35.0 Å². The lowest BCUT2D eigenvalue weighted by Gasteiger charge is -2.20. The maximum absolute atomic E-state index is 12.1. The lowest BCUT2D eigenvalue weighted by Crippen LogP contribution is -2.34. The highest BCUT2D eigenvalue weighted by Crippen LogP contribution is 2.58. The molecule has 2 unspecified atom stereocenters. The first-order chi connectivity index (χ1) is 7.37. The van der Waals surface area contributed by atoms with Gasteiger partial charge in [-0.3, -0.25) is 9.59 Å². The normalized spacial score (nSPS) is 26.2. The van der Waals surface area contributed by atoms with Gasteiger partial charge in [0.05, 0.1) is 11.8 Å². The number of amides is 1. The maximum Gasteiger partial charge on any atom is 0.307 e. The number of carbonyl (C=O) groups excluding carboxylic acids is 1. The number of nitrogens with zero attached hydrogens (tertiary/aromatic N) is 1. The topological polar surface area (TPSA) is 57.6 Å². The van der Waals surface area contributed by atoms with Gasteiger partial charge in [-0.2, -0.15) is 0 Å². The summed E-state index contributed by atoms with van der Waals surface area (Å²) < 4.78 is 0. The molecule has 1 aliphatic rings. The van der Waals surface area contributed by atoms with Crippen LogP contribution in [0, 0.1) is 17.3 Å². The van der Waals surface area contributed by atoms with Gasteiger partial charge in [-0.25, -0.2) is 0 Å². The second-order valence-corrected chi connectivity index (χ2v) is 5.03. The van der Waals surface area contributed by atoms with Gasteiger partial charge in [-0.05, 0) is 18.8 Å². The Morgan fingerprint density at radius 3 is 2.12 bits per heavy atom. The van der Waals surface area contributed by atoms with Crippen LogP contribution in [0.15, 0.2) is 0 Å². The summed E-state index contributed by atoms with van der Waals surface area (Å²) in [5, 5.41) is 9.02. The van der Waals surface area contributed by atoms with Crippen molar-refractivity contribution in [3.05, 3.63) is 0 Å². The van der Waals surface area contributed by atoms with Gasteiger partial charge < -0.3 is 10.0 Å². The van der Waals surface area contributed by atoms with Crippen LogP contribution in [-0.2, 0) is 9.59 Å². The van der Waals surface area contributed by atoms with Crippen molar-refractivity contribution in [2.75, 3.05) is 13.1 Å². The van der Waals surface area contributed by atoms with E-state index in [2.05, 4.69) is 0 Å². The third kappa shape index (κ3) is 2.06. The molecule has 0 aliphatic heterocycles. The van der Waals surface area contributed by atoms with E-state index in [-0.39, 0.29) is 17.2 Å². The summed E-state index contributed by atoms with van der Waals surface area (Å²) in [6.07, 6.45) is 0.907. The number of hydrogen-bond acceptors (Lipinski definition) is 2. The fourth-order valence-corrected chi connectivity index (χ4v) is 2.45. The van der Waals surface area contributed by atoms with Crippen molar-refractivity contribution in [2.24, 2.45) is 17.3 Å². The highest BCUT2D eigenvalue weighted by atomic mass is 16.4. The van der Waals surface area contributed by atoms with E-state index in [0.717, 1.165) is 6.42 Å². The van der Waals surface area contributed by atoms with Gasteiger partial charge in [-0.15, -0.1) is 0 Å². The molecule has 1 rings (SSSR count). The molecule has 0 aromatic carbocycles. The van der Waals surface area contributed by atoms with Gasteiger partial charge in [0.25, 0.3) is 0 Å². The van der Waals surface area contributed by atoms with Crippen LogP contribution in [0.5, 0.6) is 0 Å². The first-order valence-corrected chi connectivity index (χ1v) is 5.89.